The van der Waals surface area contributed by atoms with E-state index in [1.165, 1.54) is 5.56 Å². The van der Waals surface area contributed by atoms with Gasteiger partial charge in [0.1, 0.15) is 5.76 Å². The summed E-state index contributed by atoms with van der Waals surface area (Å²) < 4.78 is 7.68. The number of rotatable bonds is 4. The van der Waals surface area contributed by atoms with E-state index in [0.717, 1.165) is 20.6 Å². The van der Waals surface area contributed by atoms with Crippen molar-refractivity contribution >= 4 is 31.9 Å². The van der Waals surface area contributed by atoms with Gasteiger partial charge in [-0.05, 0) is 38.5 Å². The average Bonchev–Trinajstić information content (AvgIpc) is 2.75. The lowest BCUT2D eigenvalue weighted by molar-refractivity contribution is 0.380. The Morgan fingerprint density at radius 1 is 1.21 bits per heavy atom. The first-order valence-electron chi connectivity index (χ1n) is 6.10. The molecule has 0 saturated carbocycles. The van der Waals surface area contributed by atoms with Crippen LogP contribution in [-0.2, 0) is 0 Å². The van der Waals surface area contributed by atoms with Crippen LogP contribution in [0.5, 0.6) is 0 Å². The summed E-state index contributed by atoms with van der Waals surface area (Å²) in [6.07, 6.45) is 1.74. The van der Waals surface area contributed by atoms with Crippen LogP contribution in [0, 0.1) is 6.92 Å². The minimum absolute atomic E-state index is 0.0687. The highest BCUT2D eigenvalue weighted by Gasteiger charge is 2.16. The highest BCUT2D eigenvalue weighted by atomic mass is 79.9. The van der Waals surface area contributed by atoms with Crippen LogP contribution in [0.1, 0.15) is 43.1 Å². The number of hydrogen-bond donors (Lipinski definition) is 1. The van der Waals surface area contributed by atoms with E-state index < -0.39 is 0 Å². The van der Waals surface area contributed by atoms with Gasteiger partial charge in [-0.2, -0.15) is 0 Å². The minimum atomic E-state index is 0.0687. The Hall–Kier alpha value is -0.650. The fourth-order valence-corrected chi connectivity index (χ4v) is 3.35. The van der Waals surface area contributed by atoms with Crippen LogP contribution >= 0.6 is 31.9 Å². The van der Waals surface area contributed by atoms with Crippen molar-refractivity contribution in [2.75, 3.05) is 0 Å². The van der Waals surface area contributed by atoms with Crippen LogP contribution in [-0.4, -0.2) is 4.98 Å². The standard InChI is InChI=1S/C14H16Br2N2O/c1-8-7-17-14(19-8)10(3)18-9(2)12-5-4-11(15)6-13(12)16/h4-7,9-10,18H,1-3H3. The maximum Gasteiger partial charge on any atom is 0.211 e. The summed E-state index contributed by atoms with van der Waals surface area (Å²) in [4.78, 5) is 4.25. The Labute approximate surface area is 130 Å². The van der Waals surface area contributed by atoms with Crippen LogP contribution in [0.2, 0.25) is 0 Å². The van der Waals surface area contributed by atoms with Gasteiger partial charge in [-0.15, -0.1) is 0 Å². The topological polar surface area (TPSA) is 38.1 Å². The predicted molar refractivity (Wildman–Crippen MR) is 83.0 cm³/mol. The first-order valence-corrected chi connectivity index (χ1v) is 7.69. The molecule has 2 unspecified atom stereocenters. The molecule has 0 fully saturated rings. The van der Waals surface area contributed by atoms with E-state index in [9.17, 15) is 0 Å². The molecule has 0 radical (unpaired) electrons. The fraction of sp³-hybridized carbons (Fsp3) is 0.357. The summed E-state index contributed by atoms with van der Waals surface area (Å²) in [7, 11) is 0. The molecule has 3 nitrogen and oxygen atoms in total. The quantitative estimate of drug-likeness (QED) is 0.808. The number of nitrogens with zero attached hydrogens (tertiary/aromatic N) is 1. The summed E-state index contributed by atoms with van der Waals surface area (Å²) in [5, 5.41) is 3.48. The summed E-state index contributed by atoms with van der Waals surface area (Å²) in [6, 6.07) is 6.45. The highest BCUT2D eigenvalue weighted by molar-refractivity contribution is 9.11. The Morgan fingerprint density at radius 2 is 1.95 bits per heavy atom. The number of halogens is 2. The monoisotopic (exact) mass is 386 g/mol. The van der Waals surface area contributed by atoms with Gasteiger partial charge in [0.25, 0.3) is 0 Å². The molecular formula is C14H16Br2N2O. The third-order valence-electron chi connectivity index (χ3n) is 2.94. The molecule has 102 valence electrons. The fourth-order valence-electron chi connectivity index (χ4n) is 1.96. The molecule has 0 saturated heterocycles. The molecule has 0 amide bonds. The second kappa shape index (κ2) is 6.20. The third-order valence-corrected chi connectivity index (χ3v) is 4.12. The second-order valence-corrected chi connectivity index (χ2v) is 6.36. The van der Waals surface area contributed by atoms with Gasteiger partial charge in [0.2, 0.25) is 5.89 Å². The molecule has 1 heterocycles. The van der Waals surface area contributed by atoms with Crippen LogP contribution in [0.25, 0.3) is 0 Å². The van der Waals surface area contributed by atoms with Crippen LogP contribution < -0.4 is 5.32 Å². The number of hydrogen-bond acceptors (Lipinski definition) is 3. The number of aromatic nitrogens is 1. The third kappa shape index (κ3) is 3.68. The number of benzene rings is 1. The van der Waals surface area contributed by atoms with E-state index in [1.54, 1.807) is 6.20 Å². The smallest absolute Gasteiger partial charge is 0.211 e. The molecular weight excluding hydrogens is 372 g/mol. The molecule has 2 atom stereocenters. The predicted octanol–water partition coefficient (Wildman–Crippen LogP) is 4.92. The summed E-state index contributed by atoms with van der Waals surface area (Å²) >= 11 is 7.05. The zero-order chi connectivity index (χ0) is 14.0. The molecule has 2 rings (SSSR count). The zero-order valence-electron chi connectivity index (χ0n) is 11.1. The van der Waals surface area contributed by atoms with Gasteiger partial charge in [-0.25, -0.2) is 4.98 Å². The molecule has 0 bridgehead atoms. The lowest BCUT2D eigenvalue weighted by atomic mass is 10.1. The van der Waals surface area contributed by atoms with Crippen molar-refractivity contribution in [3.63, 3.8) is 0 Å². The van der Waals surface area contributed by atoms with E-state index in [-0.39, 0.29) is 12.1 Å². The maximum atomic E-state index is 5.54. The minimum Gasteiger partial charge on any atom is -0.444 e. The Kier molecular flexibility index (Phi) is 4.81. The van der Waals surface area contributed by atoms with Crippen molar-refractivity contribution in [1.29, 1.82) is 0 Å². The van der Waals surface area contributed by atoms with Crippen LogP contribution in [0.4, 0.5) is 0 Å². The van der Waals surface area contributed by atoms with Gasteiger partial charge in [0.05, 0.1) is 12.2 Å². The first kappa shape index (κ1) is 14.8. The van der Waals surface area contributed by atoms with Crippen molar-refractivity contribution in [3.8, 4) is 0 Å². The molecule has 19 heavy (non-hydrogen) atoms. The number of oxazole rings is 1. The van der Waals surface area contributed by atoms with Crippen molar-refractivity contribution in [2.24, 2.45) is 0 Å². The Bertz CT molecular complexity index is 568. The van der Waals surface area contributed by atoms with Gasteiger partial charge in [0, 0.05) is 15.0 Å². The first-order chi connectivity index (χ1) is 8.97. The molecule has 0 spiro atoms. The van der Waals surface area contributed by atoms with Crippen molar-refractivity contribution in [2.45, 2.75) is 32.9 Å². The second-order valence-electron chi connectivity index (χ2n) is 4.59. The molecule has 0 aliphatic rings. The van der Waals surface area contributed by atoms with Crippen LogP contribution in [0.15, 0.2) is 37.8 Å². The van der Waals surface area contributed by atoms with Gasteiger partial charge in [-0.1, -0.05) is 37.9 Å². The lowest BCUT2D eigenvalue weighted by Gasteiger charge is -2.19. The SMILES string of the molecule is Cc1cnc(C(C)NC(C)c2ccc(Br)cc2Br)o1. The van der Waals surface area contributed by atoms with E-state index in [0.29, 0.717) is 0 Å². The van der Waals surface area contributed by atoms with E-state index in [4.69, 9.17) is 4.42 Å². The largest absolute Gasteiger partial charge is 0.444 e. The Morgan fingerprint density at radius 3 is 2.53 bits per heavy atom. The number of nitrogens with one attached hydrogen (secondary N) is 1. The normalized spacial score (nSPS) is 14.4. The summed E-state index contributed by atoms with van der Waals surface area (Å²) in [5.74, 6) is 1.55. The molecule has 1 aromatic carbocycles. The van der Waals surface area contributed by atoms with Gasteiger partial charge < -0.3 is 4.42 Å². The number of aryl methyl sites for hydroxylation is 1. The van der Waals surface area contributed by atoms with E-state index >= 15 is 0 Å². The molecule has 0 aliphatic carbocycles. The molecule has 0 aliphatic heterocycles. The maximum absolute atomic E-state index is 5.54. The molecule has 5 heteroatoms. The molecule has 1 aromatic heterocycles. The van der Waals surface area contributed by atoms with Gasteiger partial charge in [-0.3, -0.25) is 5.32 Å². The summed E-state index contributed by atoms with van der Waals surface area (Å²) in [5.41, 5.74) is 1.21. The van der Waals surface area contributed by atoms with E-state index in [2.05, 4.69) is 62.1 Å². The summed E-state index contributed by atoms with van der Waals surface area (Å²) in [6.45, 7) is 6.08. The zero-order valence-corrected chi connectivity index (χ0v) is 14.2. The highest BCUT2D eigenvalue weighted by Crippen LogP contribution is 2.28. The lowest BCUT2D eigenvalue weighted by Crippen LogP contribution is -2.23. The average molecular weight is 388 g/mol. The molecule has 2 aromatic rings. The van der Waals surface area contributed by atoms with Crippen molar-refractivity contribution in [3.05, 3.63) is 50.6 Å². The van der Waals surface area contributed by atoms with Gasteiger partial charge >= 0.3 is 0 Å². The van der Waals surface area contributed by atoms with Crippen LogP contribution in [0.3, 0.4) is 0 Å². The van der Waals surface area contributed by atoms with Crippen molar-refractivity contribution < 1.29 is 4.42 Å². The van der Waals surface area contributed by atoms with E-state index in [1.807, 2.05) is 19.1 Å². The van der Waals surface area contributed by atoms with Crippen molar-refractivity contribution in [1.82, 2.24) is 10.3 Å². The van der Waals surface area contributed by atoms with Gasteiger partial charge in [0.15, 0.2) is 0 Å². The molecule has 1 N–H and O–H groups in total. The Balaban J connectivity index is 2.10.